The van der Waals surface area contributed by atoms with Crippen molar-refractivity contribution in [2.75, 3.05) is 0 Å². The standard InChI is InChI=1S/C23H32N4O2/c28-22(24-17-11-5-1-2-6-12-17)20-19-15-9-10-16-27(19)21(26-20)23(29)25-18-13-7-3-4-8-14-18/h9-10,15-18H,1-8,11-14H2,(H,24,28)(H,25,29). The van der Waals surface area contributed by atoms with Crippen molar-refractivity contribution in [3.63, 3.8) is 0 Å². The lowest BCUT2D eigenvalue weighted by molar-refractivity contribution is 0.0922. The van der Waals surface area contributed by atoms with Crippen molar-refractivity contribution in [2.45, 2.75) is 89.1 Å². The first-order valence-corrected chi connectivity index (χ1v) is 11.3. The summed E-state index contributed by atoms with van der Waals surface area (Å²) in [4.78, 5) is 30.5. The Morgan fingerprint density at radius 3 is 1.93 bits per heavy atom. The third-order valence-electron chi connectivity index (χ3n) is 6.35. The molecule has 6 heteroatoms. The first kappa shape index (κ1) is 19.9. The molecular weight excluding hydrogens is 364 g/mol. The highest BCUT2D eigenvalue weighted by molar-refractivity contribution is 6.02. The van der Waals surface area contributed by atoms with E-state index in [0.717, 1.165) is 51.4 Å². The van der Waals surface area contributed by atoms with Crippen molar-refractivity contribution in [3.8, 4) is 0 Å². The largest absolute Gasteiger partial charge is 0.348 e. The van der Waals surface area contributed by atoms with Crippen molar-refractivity contribution in [2.24, 2.45) is 0 Å². The lowest BCUT2D eigenvalue weighted by atomic mass is 10.1. The van der Waals surface area contributed by atoms with Crippen LogP contribution >= 0.6 is 0 Å². The van der Waals surface area contributed by atoms with Crippen LogP contribution in [0.4, 0.5) is 0 Å². The van der Waals surface area contributed by atoms with Gasteiger partial charge >= 0.3 is 0 Å². The quantitative estimate of drug-likeness (QED) is 0.759. The number of amides is 2. The Bertz CT molecular complexity index is 776. The van der Waals surface area contributed by atoms with Crippen molar-refractivity contribution < 1.29 is 9.59 Å². The third kappa shape index (κ3) is 4.80. The van der Waals surface area contributed by atoms with Crippen LogP contribution in [0.2, 0.25) is 0 Å². The summed E-state index contributed by atoms with van der Waals surface area (Å²) in [5, 5.41) is 6.32. The summed E-state index contributed by atoms with van der Waals surface area (Å²) in [6.07, 6.45) is 15.5. The Morgan fingerprint density at radius 1 is 0.793 bits per heavy atom. The van der Waals surface area contributed by atoms with Gasteiger partial charge in [0.1, 0.15) is 0 Å². The normalized spacial score (nSPS) is 19.4. The first-order valence-electron chi connectivity index (χ1n) is 11.3. The number of fused-ring (bicyclic) bond motifs is 1. The number of carbonyl (C=O) groups excluding carboxylic acids is 2. The highest BCUT2D eigenvalue weighted by Crippen LogP contribution is 2.20. The fourth-order valence-electron chi connectivity index (χ4n) is 4.72. The molecule has 0 radical (unpaired) electrons. The second kappa shape index (κ2) is 9.42. The molecule has 6 nitrogen and oxygen atoms in total. The second-order valence-corrected chi connectivity index (χ2v) is 8.56. The minimum absolute atomic E-state index is 0.172. The molecule has 2 aliphatic carbocycles. The lowest BCUT2D eigenvalue weighted by Crippen LogP contribution is -2.36. The van der Waals surface area contributed by atoms with Gasteiger partial charge in [0, 0.05) is 18.3 Å². The monoisotopic (exact) mass is 396 g/mol. The summed E-state index contributed by atoms with van der Waals surface area (Å²) in [7, 11) is 0. The van der Waals surface area contributed by atoms with E-state index in [4.69, 9.17) is 0 Å². The molecule has 0 saturated heterocycles. The van der Waals surface area contributed by atoms with Crippen LogP contribution in [0, 0.1) is 0 Å². The van der Waals surface area contributed by atoms with Gasteiger partial charge in [-0.2, -0.15) is 0 Å². The first-order chi connectivity index (χ1) is 14.2. The van der Waals surface area contributed by atoms with E-state index in [2.05, 4.69) is 15.6 Å². The summed E-state index contributed by atoms with van der Waals surface area (Å²) in [5.41, 5.74) is 1.03. The molecule has 2 saturated carbocycles. The van der Waals surface area contributed by atoms with Crippen LogP contribution in [-0.2, 0) is 0 Å². The number of nitrogens with zero attached hydrogens (tertiary/aromatic N) is 2. The molecule has 2 N–H and O–H groups in total. The number of carbonyl (C=O) groups is 2. The van der Waals surface area contributed by atoms with E-state index >= 15 is 0 Å². The van der Waals surface area contributed by atoms with Crippen LogP contribution in [0.5, 0.6) is 0 Å². The summed E-state index contributed by atoms with van der Waals surface area (Å²) < 4.78 is 1.74. The summed E-state index contributed by atoms with van der Waals surface area (Å²) in [6, 6.07) is 6.01. The van der Waals surface area contributed by atoms with E-state index in [1.165, 1.54) is 25.7 Å². The zero-order valence-electron chi connectivity index (χ0n) is 17.2. The van der Waals surface area contributed by atoms with Gasteiger partial charge in [0.05, 0.1) is 5.52 Å². The van der Waals surface area contributed by atoms with Gasteiger partial charge in [0.25, 0.3) is 11.8 Å². The Kier molecular flexibility index (Phi) is 6.47. The molecule has 29 heavy (non-hydrogen) atoms. The summed E-state index contributed by atoms with van der Waals surface area (Å²) in [5.74, 6) is -0.0587. The minimum atomic E-state index is -0.188. The number of imidazole rings is 1. The van der Waals surface area contributed by atoms with E-state index in [9.17, 15) is 9.59 Å². The molecule has 2 aromatic heterocycles. The zero-order chi connectivity index (χ0) is 20.1. The Morgan fingerprint density at radius 2 is 1.34 bits per heavy atom. The molecule has 0 aromatic carbocycles. The molecule has 0 unspecified atom stereocenters. The van der Waals surface area contributed by atoms with E-state index < -0.39 is 0 Å². The van der Waals surface area contributed by atoms with E-state index in [1.54, 1.807) is 4.40 Å². The van der Waals surface area contributed by atoms with Crippen molar-refractivity contribution in [1.29, 1.82) is 0 Å². The van der Waals surface area contributed by atoms with Gasteiger partial charge in [-0.05, 0) is 37.8 Å². The van der Waals surface area contributed by atoms with Crippen LogP contribution in [0.3, 0.4) is 0 Å². The molecule has 0 aliphatic heterocycles. The lowest BCUT2D eigenvalue weighted by Gasteiger charge is -2.15. The number of nitrogens with one attached hydrogen (secondary N) is 2. The average Bonchev–Trinajstić information content (AvgIpc) is 2.89. The predicted octanol–water partition coefficient (Wildman–Crippen LogP) is 4.24. The molecule has 2 fully saturated rings. The maximum Gasteiger partial charge on any atom is 0.287 e. The van der Waals surface area contributed by atoms with Gasteiger partial charge in [0.2, 0.25) is 5.82 Å². The van der Waals surface area contributed by atoms with Crippen LogP contribution in [-0.4, -0.2) is 33.3 Å². The predicted molar refractivity (Wildman–Crippen MR) is 113 cm³/mol. The van der Waals surface area contributed by atoms with Gasteiger partial charge < -0.3 is 10.6 Å². The van der Waals surface area contributed by atoms with E-state index in [0.29, 0.717) is 17.0 Å². The molecular formula is C23H32N4O2. The van der Waals surface area contributed by atoms with Crippen LogP contribution in [0.25, 0.3) is 5.52 Å². The van der Waals surface area contributed by atoms with Crippen molar-refractivity contribution >= 4 is 17.3 Å². The van der Waals surface area contributed by atoms with Crippen LogP contribution in [0.1, 0.15) is 98.2 Å². The SMILES string of the molecule is O=C(NC1CCCCCC1)c1nc(C(=O)NC2CCCCCC2)n2ccccc12. The molecule has 2 aliphatic rings. The maximum absolute atomic E-state index is 13.0. The van der Waals surface area contributed by atoms with Crippen molar-refractivity contribution in [3.05, 3.63) is 35.9 Å². The molecule has 0 atom stereocenters. The molecule has 2 heterocycles. The van der Waals surface area contributed by atoms with Crippen LogP contribution in [0.15, 0.2) is 24.4 Å². The fourth-order valence-corrected chi connectivity index (χ4v) is 4.72. The number of aromatic nitrogens is 2. The highest BCUT2D eigenvalue weighted by atomic mass is 16.2. The highest BCUT2D eigenvalue weighted by Gasteiger charge is 2.25. The summed E-state index contributed by atoms with van der Waals surface area (Å²) in [6.45, 7) is 0. The Balaban J connectivity index is 1.54. The number of hydrogen-bond donors (Lipinski definition) is 2. The van der Waals surface area contributed by atoms with E-state index in [-0.39, 0.29) is 23.9 Å². The molecule has 0 spiro atoms. The molecule has 2 aromatic rings. The number of hydrogen-bond acceptors (Lipinski definition) is 3. The van der Waals surface area contributed by atoms with Gasteiger partial charge in [-0.1, -0.05) is 57.4 Å². The average molecular weight is 397 g/mol. The van der Waals surface area contributed by atoms with Gasteiger partial charge in [-0.25, -0.2) is 4.98 Å². The summed E-state index contributed by atoms with van der Waals surface area (Å²) >= 11 is 0. The molecule has 2 amide bonds. The zero-order valence-corrected chi connectivity index (χ0v) is 17.2. The Hall–Kier alpha value is -2.37. The number of pyridine rings is 1. The van der Waals surface area contributed by atoms with Crippen molar-refractivity contribution in [1.82, 2.24) is 20.0 Å². The smallest absolute Gasteiger partial charge is 0.287 e. The fraction of sp³-hybridized carbons (Fsp3) is 0.609. The molecule has 156 valence electrons. The van der Waals surface area contributed by atoms with E-state index in [1.807, 2.05) is 24.4 Å². The van der Waals surface area contributed by atoms with Gasteiger partial charge in [-0.3, -0.25) is 14.0 Å². The second-order valence-electron chi connectivity index (χ2n) is 8.56. The molecule has 0 bridgehead atoms. The Labute approximate surface area is 172 Å². The third-order valence-corrected chi connectivity index (χ3v) is 6.35. The van der Waals surface area contributed by atoms with Gasteiger partial charge in [0.15, 0.2) is 5.69 Å². The number of rotatable bonds is 4. The van der Waals surface area contributed by atoms with Gasteiger partial charge in [-0.15, -0.1) is 0 Å². The maximum atomic E-state index is 13.0. The minimum Gasteiger partial charge on any atom is -0.348 e. The van der Waals surface area contributed by atoms with Crippen LogP contribution < -0.4 is 10.6 Å². The topological polar surface area (TPSA) is 75.5 Å². The molecule has 4 rings (SSSR count).